The van der Waals surface area contributed by atoms with Gasteiger partial charge < -0.3 is 10.3 Å². The van der Waals surface area contributed by atoms with Crippen molar-refractivity contribution in [3.05, 3.63) is 36.2 Å². The normalized spacial score (nSPS) is 18.9. The van der Waals surface area contributed by atoms with Crippen molar-refractivity contribution >= 4 is 12.4 Å². The number of nitrogens with zero attached hydrogens (tertiary/aromatic N) is 3. The Morgan fingerprint density at radius 3 is 2.85 bits per heavy atom. The first-order valence-corrected chi connectivity index (χ1v) is 6.69. The van der Waals surface area contributed by atoms with Crippen LogP contribution < -0.4 is 5.73 Å². The molecule has 1 aliphatic rings. The fraction of sp³-hybridized carbons (Fsp3) is 0.429. The van der Waals surface area contributed by atoms with Gasteiger partial charge in [-0.1, -0.05) is 35.5 Å². The van der Waals surface area contributed by atoms with Crippen molar-refractivity contribution < 1.29 is 4.52 Å². The Labute approximate surface area is 124 Å². The molecule has 0 spiro atoms. The van der Waals surface area contributed by atoms with Gasteiger partial charge in [0.15, 0.2) is 0 Å². The fourth-order valence-electron chi connectivity index (χ4n) is 2.57. The number of benzene rings is 1. The summed E-state index contributed by atoms with van der Waals surface area (Å²) in [5.74, 6) is 1.32. The summed E-state index contributed by atoms with van der Waals surface area (Å²) in [5, 5.41) is 4.04. The highest BCUT2D eigenvalue weighted by Crippen LogP contribution is 2.20. The topological polar surface area (TPSA) is 68.2 Å². The molecule has 3 rings (SSSR count). The minimum Gasteiger partial charge on any atom is -0.338 e. The van der Waals surface area contributed by atoms with Crippen LogP contribution in [0.3, 0.4) is 0 Å². The van der Waals surface area contributed by atoms with Crippen LogP contribution in [0.5, 0.6) is 0 Å². The third kappa shape index (κ3) is 3.17. The van der Waals surface area contributed by atoms with Crippen LogP contribution in [0.1, 0.15) is 18.7 Å². The summed E-state index contributed by atoms with van der Waals surface area (Å²) in [6.45, 7) is 2.45. The van der Waals surface area contributed by atoms with E-state index < -0.39 is 0 Å². The van der Waals surface area contributed by atoms with Crippen molar-refractivity contribution in [3.63, 3.8) is 0 Å². The van der Waals surface area contributed by atoms with Gasteiger partial charge in [-0.15, -0.1) is 12.4 Å². The number of likely N-dealkylation sites (tertiary alicyclic amines) is 1. The maximum atomic E-state index is 5.77. The van der Waals surface area contributed by atoms with E-state index in [1.165, 1.54) is 6.42 Å². The summed E-state index contributed by atoms with van der Waals surface area (Å²) in [6.07, 6.45) is 2.36. The summed E-state index contributed by atoms with van der Waals surface area (Å²) in [6, 6.07) is 10.3. The first kappa shape index (κ1) is 15.0. The van der Waals surface area contributed by atoms with Crippen molar-refractivity contribution in [3.8, 4) is 11.4 Å². The molecule has 2 N–H and O–H groups in total. The van der Waals surface area contributed by atoms with E-state index in [0.29, 0.717) is 30.8 Å². The average molecular weight is 295 g/mol. The molecule has 0 amide bonds. The third-order valence-electron chi connectivity index (χ3n) is 3.61. The average Bonchev–Trinajstić information content (AvgIpc) is 3.09. The zero-order valence-corrected chi connectivity index (χ0v) is 12.1. The van der Waals surface area contributed by atoms with Gasteiger partial charge in [-0.05, 0) is 19.4 Å². The van der Waals surface area contributed by atoms with E-state index in [-0.39, 0.29) is 12.4 Å². The zero-order valence-electron chi connectivity index (χ0n) is 11.2. The number of hydrogen-bond acceptors (Lipinski definition) is 5. The van der Waals surface area contributed by atoms with E-state index in [9.17, 15) is 0 Å². The molecule has 1 saturated heterocycles. The lowest BCUT2D eigenvalue weighted by Crippen LogP contribution is -2.34. The van der Waals surface area contributed by atoms with E-state index in [0.717, 1.165) is 18.5 Å². The predicted molar refractivity (Wildman–Crippen MR) is 79.5 cm³/mol. The second-order valence-electron chi connectivity index (χ2n) is 4.88. The molecule has 0 saturated carbocycles. The molecule has 1 aliphatic heterocycles. The molecule has 1 aromatic carbocycles. The molecule has 0 bridgehead atoms. The van der Waals surface area contributed by atoms with Crippen molar-refractivity contribution in [1.29, 1.82) is 0 Å². The number of halogens is 1. The third-order valence-corrected chi connectivity index (χ3v) is 3.61. The second kappa shape index (κ2) is 6.83. The molecule has 6 heteroatoms. The monoisotopic (exact) mass is 294 g/mol. The fourth-order valence-corrected chi connectivity index (χ4v) is 2.57. The maximum absolute atomic E-state index is 5.77. The van der Waals surface area contributed by atoms with E-state index >= 15 is 0 Å². The molecule has 0 aliphatic carbocycles. The Hall–Kier alpha value is -1.43. The molecule has 2 aromatic rings. The SMILES string of the molecule is Cl.NCC1CCCN1Cc1nc(-c2ccccc2)no1. The quantitative estimate of drug-likeness (QED) is 0.935. The van der Waals surface area contributed by atoms with Gasteiger partial charge in [-0.25, -0.2) is 0 Å². The predicted octanol–water partition coefficient (Wildman–Crippen LogP) is 2.08. The second-order valence-corrected chi connectivity index (χ2v) is 4.88. The molecular formula is C14H19ClN4O. The number of nitrogens with two attached hydrogens (primary N) is 1. The Morgan fingerprint density at radius 2 is 2.10 bits per heavy atom. The minimum absolute atomic E-state index is 0. The van der Waals surface area contributed by atoms with Crippen LogP contribution in [0, 0.1) is 0 Å². The molecule has 0 radical (unpaired) electrons. The van der Waals surface area contributed by atoms with E-state index in [1.807, 2.05) is 30.3 Å². The largest absolute Gasteiger partial charge is 0.338 e. The first-order chi connectivity index (χ1) is 9.36. The van der Waals surface area contributed by atoms with Crippen LogP contribution in [0.25, 0.3) is 11.4 Å². The summed E-state index contributed by atoms with van der Waals surface area (Å²) >= 11 is 0. The van der Waals surface area contributed by atoms with Gasteiger partial charge in [-0.3, -0.25) is 4.90 Å². The molecule has 1 aromatic heterocycles. The molecule has 1 fully saturated rings. The molecule has 5 nitrogen and oxygen atoms in total. The van der Waals surface area contributed by atoms with Gasteiger partial charge in [-0.2, -0.15) is 4.98 Å². The number of hydrogen-bond donors (Lipinski definition) is 1. The lowest BCUT2D eigenvalue weighted by atomic mass is 10.2. The zero-order chi connectivity index (χ0) is 13.1. The van der Waals surface area contributed by atoms with Crippen LogP contribution in [0.2, 0.25) is 0 Å². The molecule has 108 valence electrons. The van der Waals surface area contributed by atoms with Gasteiger partial charge in [0.2, 0.25) is 11.7 Å². The van der Waals surface area contributed by atoms with Gasteiger partial charge in [0.05, 0.1) is 6.54 Å². The van der Waals surface area contributed by atoms with Crippen LogP contribution in [-0.2, 0) is 6.54 Å². The summed E-state index contributed by atoms with van der Waals surface area (Å²) in [7, 11) is 0. The van der Waals surface area contributed by atoms with Crippen LogP contribution in [0.4, 0.5) is 0 Å². The summed E-state index contributed by atoms with van der Waals surface area (Å²) in [4.78, 5) is 6.77. The number of rotatable bonds is 4. The Morgan fingerprint density at radius 1 is 1.30 bits per heavy atom. The van der Waals surface area contributed by atoms with Gasteiger partial charge >= 0.3 is 0 Å². The van der Waals surface area contributed by atoms with E-state index in [4.69, 9.17) is 10.3 Å². The van der Waals surface area contributed by atoms with Gasteiger partial charge in [0, 0.05) is 18.2 Å². The lowest BCUT2D eigenvalue weighted by molar-refractivity contribution is 0.214. The number of aromatic nitrogens is 2. The van der Waals surface area contributed by atoms with Crippen molar-refractivity contribution in [2.45, 2.75) is 25.4 Å². The Bertz CT molecular complexity index is 531. The minimum atomic E-state index is 0. The summed E-state index contributed by atoms with van der Waals surface area (Å²) < 4.78 is 5.33. The van der Waals surface area contributed by atoms with Crippen LogP contribution in [-0.4, -0.2) is 34.2 Å². The van der Waals surface area contributed by atoms with Crippen molar-refractivity contribution in [2.24, 2.45) is 5.73 Å². The highest BCUT2D eigenvalue weighted by atomic mass is 35.5. The molecule has 1 unspecified atom stereocenters. The van der Waals surface area contributed by atoms with Gasteiger partial charge in [0.25, 0.3) is 0 Å². The molecular weight excluding hydrogens is 276 g/mol. The highest BCUT2D eigenvalue weighted by molar-refractivity contribution is 5.85. The van der Waals surface area contributed by atoms with Crippen LogP contribution >= 0.6 is 12.4 Å². The van der Waals surface area contributed by atoms with Gasteiger partial charge in [0.1, 0.15) is 0 Å². The summed E-state index contributed by atoms with van der Waals surface area (Å²) in [5.41, 5.74) is 6.75. The molecule has 20 heavy (non-hydrogen) atoms. The standard InChI is InChI=1S/C14H18N4O.ClH/c15-9-12-7-4-8-18(12)10-13-16-14(17-19-13)11-5-2-1-3-6-11;/h1-3,5-6,12H,4,7-10,15H2;1H. The van der Waals surface area contributed by atoms with E-state index in [2.05, 4.69) is 15.0 Å². The van der Waals surface area contributed by atoms with Crippen molar-refractivity contribution in [2.75, 3.05) is 13.1 Å². The molecule has 1 atom stereocenters. The Kier molecular flexibility index (Phi) is 5.11. The molecule has 2 heterocycles. The smallest absolute Gasteiger partial charge is 0.241 e. The lowest BCUT2D eigenvalue weighted by Gasteiger charge is -2.20. The first-order valence-electron chi connectivity index (χ1n) is 6.69. The maximum Gasteiger partial charge on any atom is 0.241 e. The highest BCUT2D eigenvalue weighted by Gasteiger charge is 2.24. The van der Waals surface area contributed by atoms with Crippen LogP contribution in [0.15, 0.2) is 34.9 Å². The van der Waals surface area contributed by atoms with Crippen molar-refractivity contribution in [1.82, 2.24) is 15.0 Å². The Balaban J connectivity index is 0.00000147. The van der Waals surface area contributed by atoms with E-state index in [1.54, 1.807) is 0 Å².